The molecule has 1 aromatic heterocycles. The quantitative estimate of drug-likeness (QED) is 0.415. The van der Waals surface area contributed by atoms with Gasteiger partial charge >= 0.3 is 0 Å². The van der Waals surface area contributed by atoms with Crippen molar-refractivity contribution in [3.8, 4) is 0 Å². The molecule has 0 aliphatic heterocycles. The molecule has 1 heterocycles. The van der Waals surface area contributed by atoms with Gasteiger partial charge in [0.05, 0.1) is 5.69 Å². The molecule has 0 aromatic carbocycles. The van der Waals surface area contributed by atoms with Gasteiger partial charge in [-0.3, -0.25) is 0 Å². The number of nitrogens with one attached hydrogen (secondary N) is 2. The molecule has 1 aliphatic rings. The van der Waals surface area contributed by atoms with Crippen LogP contribution in [0, 0.1) is 5.92 Å². The lowest BCUT2D eigenvalue weighted by Gasteiger charge is -2.10. The van der Waals surface area contributed by atoms with E-state index < -0.39 is 0 Å². The first kappa shape index (κ1) is 18.3. The van der Waals surface area contributed by atoms with Gasteiger partial charge in [0.25, 0.3) is 0 Å². The van der Waals surface area contributed by atoms with Crippen LogP contribution in [0.15, 0.2) is 15.6 Å². The lowest BCUT2D eigenvalue weighted by molar-refractivity contribution is 0.376. The van der Waals surface area contributed by atoms with Crippen LogP contribution in [0.5, 0.6) is 0 Å². The first-order valence-corrected chi connectivity index (χ1v) is 7.66. The van der Waals surface area contributed by atoms with Crippen molar-refractivity contribution in [2.45, 2.75) is 52.5 Å². The first-order valence-electron chi connectivity index (χ1n) is 7.66. The third kappa shape index (κ3) is 6.67. The van der Waals surface area contributed by atoms with Crippen LogP contribution in [0.25, 0.3) is 0 Å². The predicted molar refractivity (Wildman–Crippen MR) is 96.2 cm³/mol. The molecule has 0 atom stereocenters. The van der Waals surface area contributed by atoms with E-state index in [9.17, 15) is 0 Å². The van der Waals surface area contributed by atoms with Crippen LogP contribution in [0.1, 0.15) is 57.4 Å². The molecule has 21 heavy (non-hydrogen) atoms. The highest BCUT2D eigenvalue weighted by Gasteiger charge is 2.20. The van der Waals surface area contributed by atoms with Crippen molar-refractivity contribution >= 4 is 29.9 Å². The SMILES string of the molecule is CCNC(=NCc1cc(C(C)C)no1)NCCC1CC1.I. The van der Waals surface area contributed by atoms with E-state index in [2.05, 4.69) is 41.6 Å². The highest BCUT2D eigenvalue weighted by Crippen LogP contribution is 2.31. The number of nitrogens with zero attached hydrogens (tertiary/aromatic N) is 2. The van der Waals surface area contributed by atoms with E-state index in [1.807, 2.05) is 6.07 Å². The molecule has 1 aromatic rings. The molecule has 2 rings (SSSR count). The number of guanidine groups is 1. The number of hydrogen-bond acceptors (Lipinski definition) is 3. The largest absolute Gasteiger partial charge is 0.359 e. The van der Waals surface area contributed by atoms with Gasteiger partial charge in [0.1, 0.15) is 6.54 Å². The van der Waals surface area contributed by atoms with Crippen molar-refractivity contribution in [2.75, 3.05) is 13.1 Å². The third-order valence-electron chi connectivity index (χ3n) is 3.45. The summed E-state index contributed by atoms with van der Waals surface area (Å²) in [5.74, 6) is 3.00. The first-order chi connectivity index (χ1) is 9.69. The average molecular weight is 406 g/mol. The molecule has 0 amide bonds. The van der Waals surface area contributed by atoms with Crippen LogP contribution in [-0.4, -0.2) is 24.2 Å². The summed E-state index contributed by atoms with van der Waals surface area (Å²) in [6.45, 7) is 8.66. The zero-order chi connectivity index (χ0) is 14.4. The standard InChI is InChI=1S/C15H26N4O.HI/c1-4-16-15(17-8-7-12-5-6-12)18-10-13-9-14(11(2)3)19-20-13;/h9,11-12H,4-8,10H2,1-3H3,(H2,16,17,18);1H. The highest BCUT2D eigenvalue weighted by molar-refractivity contribution is 14.0. The monoisotopic (exact) mass is 406 g/mol. The average Bonchev–Trinajstić information content (AvgIpc) is 3.11. The molecule has 1 saturated carbocycles. The van der Waals surface area contributed by atoms with Crippen LogP contribution >= 0.6 is 24.0 Å². The van der Waals surface area contributed by atoms with E-state index in [4.69, 9.17) is 4.52 Å². The van der Waals surface area contributed by atoms with Gasteiger partial charge < -0.3 is 15.2 Å². The van der Waals surface area contributed by atoms with Crippen molar-refractivity contribution in [2.24, 2.45) is 10.9 Å². The minimum Gasteiger partial charge on any atom is -0.359 e. The maximum Gasteiger partial charge on any atom is 0.191 e. The molecule has 5 nitrogen and oxygen atoms in total. The van der Waals surface area contributed by atoms with E-state index in [1.165, 1.54) is 19.3 Å². The van der Waals surface area contributed by atoms with Crippen molar-refractivity contribution in [1.82, 2.24) is 15.8 Å². The summed E-state index contributed by atoms with van der Waals surface area (Å²) < 4.78 is 5.29. The minimum atomic E-state index is 0. The highest BCUT2D eigenvalue weighted by atomic mass is 127. The number of aromatic nitrogens is 1. The van der Waals surface area contributed by atoms with E-state index in [0.29, 0.717) is 12.5 Å². The van der Waals surface area contributed by atoms with Gasteiger partial charge in [0, 0.05) is 19.2 Å². The van der Waals surface area contributed by atoms with E-state index in [1.54, 1.807) is 0 Å². The van der Waals surface area contributed by atoms with E-state index in [0.717, 1.165) is 36.4 Å². The Morgan fingerprint density at radius 2 is 2.19 bits per heavy atom. The van der Waals surface area contributed by atoms with Crippen molar-refractivity contribution in [3.05, 3.63) is 17.5 Å². The van der Waals surface area contributed by atoms with Gasteiger partial charge in [0.2, 0.25) is 0 Å². The Bertz CT molecular complexity index is 441. The fourth-order valence-corrected chi connectivity index (χ4v) is 1.98. The lowest BCUT2D eigenvalue weighted by Crippen LogP contribution is -2.37. The van der Waals surface area contributed by atoms with Gasteiger partial charge in [-0.2, -0.15) is 0 Å². The number of halogens is 1. The van der Waals surface area contributed by atoms with Crippen LogP contribution in [-0.2, 0) is 6.54 Å². The molecule has 2 N–H and O–H groups in total. The Morgan fingerprint density at radius 1 is 1.43 bits per heavy atom. The molecule has 0 unspecified atom stereocenters. The third-order valence-corrected chi connectivity index (χ3v) is 3.45. The van der Waals surface area contributed by atoms with Crippen LogP contribution in [0.2, 0.25) is 0 Å². The Morgan fingerprint density at radius 3 is 2.76 bits per heavy atom. The van der Waals surface area contributed by atoms with Gasteiger partial charge in [-0.25, -0.2) is 4.99 Å². The molecule has 1 fully saturated rings. The second kappa shape index (κ2) is 9.27. The Balaban J connectivity index is 0.00000220. The second-order valence-corrected chi connectivity index (χ2v) is 5.73. The number of aliphatic imine (C=N–C) groups is 1. The van der Waals surface area contributed by atoms with E-state index >= 15 is 0 Å². The lowest BCUT2D eigenvalue weighted by atomic mass is 10.1. The summed E-state index contributed by atoms with van der Waals surface area (Å²) in [7, 11) is 0. The maximum atomic E-state index is 5.29. The van der Waals surface area contributed by atoms with Gasteiger partial charge in [-0.1, -0.05) is 31.8 Å². The summed E-state index contributed by atoms with van der Waals surface area (Å²) in [6, 6.07) is 1.99. The van der Waals surface area contributed by atoms with E-state index in [-0.39, 0.29) is 24.0 Å². The van der Waals surface area contributed by atoms with Crippen LogP contribution < -0.4 is 10.6 Å². The normalized spacial score (nSPS) is 15.0. The smallest absolute Gasteiger partial charge is 0.191 e. The summed E-state index contributed by atoms with van der Waals surface area (Å²) in [6.07, 6.45) is 4.03. The summed E-state index contributed by atoms with van der Waals surface area (Å²) in [4.78, 5) is 4.53. The summed E-state index contributed by atoms with van der Waals surface area (Å²) >= 11 is 0. The molecular weight excluding hydrogens is 379 g/mol. The zero-order valence-corrected chi connectivity index (χ0v) is 15.5. The molecule has 6 heteroatoms. The van der Waals surface area contributed by atoms with Crippen molar-refractivity contribution in [3.63, 3.8) is 0 Å². The maximum absolute atomic E-state index is 5.29. The molecule has 0 spiro atoms. The minimum absolute atomic E-state index is 0. The Hall–Kier alpha value is -0.790. The van der Waals surface area contributed by atoms with Gasteiger partial charge in [0.15, 0.2) is 11.7 Å². The Labute approximate surface area is 144 Å². The fourth-order valence-electron chi connectivity index (χ4n) is 1.98. The Kier molecular flexibility index (Phi) is 8.06. The topological polar surface area (TPSA) is 62.5 Å². The summed E-state index contributed by atoms with van der Waals surface area (Å²) in [5, 5.41) is 10.7. The van der Waals surface area contributed by atoms with Crippen LogP contribution in [0.3, 0.4) is 0 Å². The summed E-state index contributed by atoms with van der Waals surface area (Å²) in [5.41, 5.74) is 0.988. The molecule has 0 saturated heterocycles. The predicted octanol–water partition coefficient (Wildman–Crippen LogP) is 3.27. The molecule has 0 radical (unpaired) electrons. The van der Waals surface area contributed by atoms with Gasteiger partial charge in [-0.05, 0) is 25.2 Å². The molecular formula is C15H27IN4O. The van der Waals surface area contributed by atoms with Crippen molar-refractivity contribution in [1.29, 1.82) is 0 Å². The second-order valence-electron chi connectivity index (χ2n) is 5.73. The molecule has 1 aliphatic carbocycles. The zero-order valence-electron chi connectivity index (χ0n) is 13.2. The molecule has 0 bridgehead atoms. The number of hydrogen-bond donors (Lipinski definition) is 2. The van der Waals surface area contributed by atoms with Crippen LogP contribution in [0.4, 0.5) is 0 Å². The van der Waals surface area contributed by atoms with Gasteiger partial charge in [-0.15, -0.1) is 24.0 Å². The fraction of sp³-hybridized carbons (Fsp3) is 0.733. The van der Waals surface area contributed by atoms with Crippen molar-refractivity contribution < 1.29 is 4.52 Å². The number of rotatable bonds is 7. The molecule has 120 valence electrons.